The predicted molar refractivity (Wildman–Crippen MR) is 100 cm³/mol. The van der Waals surface area contributed by atoms with Gasteiger partial charge in [0, 0.05) is 31.3 Å². The molecule has 0 bridgehead atoms. The predicted octanol–water partition coefficient (Wildman–Crippen LogP) is 2.26. The number of hydrogen-bond donors (Lipinski definition) is 1. The van der Waals surface area contributed by atoms with E-state index < -0.39 is 23.9 Å². The van der Waals surface area contributed by atoms with Crippen molar-refractivity contribution in [2.45, 2.75) is 39.7 Å². The Morgan fingerprint density at radius 2 is 1.96 bits per heavy atom. The Kier molecular flexibility index (Phi) is 6.71. The number of nitrogens with zero attached hydrogens (tertiary/aromatic N) is 1. The Hall–Kier alpha value is -2.70. The minimum absolute atomic E-state index is 0.0996. The summed E-state index contributed by atoms with van der Waals surface area (Å²) >= 11 is 0. The molecule has 1 aliphatic heterocycles. The number of anilines is 1. The second kappa shape index (κ2) is 8.79. The lowest BCUT2D eigenvalue weighted by atomic mass is 9.96. The van der Waals surface area contributed by atoms with Gasteiger partial charge in [-0.2, -0.15) is 0 Å². The summed E-state index contributed by atoms with van der Waals surface area (Å²) in [6.45, 7) is 5.50. The second-order valence-corrected chi connectivity index (χ2v) is 7.23. The average Bonchev–Trinajstić information content (AvgIpc) is 2.61. The molecule has 1 aromatic carbocycles. The van der Waals surface area contributed by atoms with E-state index in [4.69, 9.17) is 4.74 Å². The van der Waals surface area contributed by atoms with Gasteiger partial charge in [-0.1, -0.05) is 26.0 Å². The number of carbonyl (C=O) groups is 4. The van der Waals surface area contributed by atoms with E-state index in [1.807, 2.05) is 0 Å². The SMILES string of the molecule is CC(=O)c1cccc(NC(=O)[C@H](OC(=O)[C@H]2CCN(C)C(=O)C2)C(C)C)c1. The fourth-order valence-corrected chi connectivity index (χ4v) is 2.89. The first-order chi connectivity index (χ1) is 12.7. The van der Waals surface area contributed by atoms with Crippen molar-refractivity contribution in [3.8, 4) is 0 Å². The van der Waals surface area contributed by atoms with Crippen LogP contribution in [0.3, 0.4) is 0 Å². The summed E-state index contributed by atoms with van der Waals surface area (Å²) in [5.74, 6) is -1.96. The van der Waals surface area contributed by atoms with E-state index in [2.05, 4.69) is 5.32 Å². The van der Waals surface area contributed by atoms with Crippen LogP contribution in [0.4, 0.5) is 5.69 Å². The summed E-state index contributed by atoms with van der Waals surface area (Å²) in [7, 11) is 1.70. The Labute approximate surface area is 159 Å². The van der Waals surface area contributed by atoms with Crippen molar-refractivity contribution in [1.29, 1.82) is 0 Å². The van der Waals surface area contributed by atoms with Gasteiger partial charge in [0.1, 0.15) is 0 Å². The molecule has 0 aliphatic carbocycles. The minimum atomic E-state index is -0.978. The number of Topliss-reactive ketones (excluding diaryl/α,β-unsaturated/α-hetero) is 1. The van der Waals surface area contributed by atoms with Crippen LogP contribution in [0, 0.1) is 11.8 Å². The molecule has 1 aromatic rings. The molecule has 2 atom stereocenters. The van der Waals surface area contributed by atoms with E-state index in [1.165, 1.54) is 6.92 Å². The van der Waals surface area contributed by atoms with Crippen LogP contribution in [0.1, 0.15) is 44.0 Å². The molecule has 2 rings (SSSR count). The molecule has 0 aromatic heterocycles. The van der Waals surface area contributed by atoms with E-state index in [1.54, 1.807) is 50.1 Å². The largest absolute Gasteiger partial charge is 0.452 e. The summed E-state index contributed by atoms with van der Waals surface area (Å²) in [6.07, 6.45) is -0.357. The van der Waals surface area contributed by atoms with Crippen molar-refractivity contribution in [3.63, 3.8) is 0 Å². The lowest BCUT2D eigenvalue weighted by Crippen LogP contribution is -2.42. The van der Waals surface area contributed by atoms with Crippen molar-refractivity contribution < 1.29 is 23.9 Å². The van der Waals surface area contributed by atoms with Crippen LogP contribution < -0.4 is 5.32 Å². The molecule has 0 radical (unpaired) electrons. The monoisotopic (exact) mass is 374 g/mol. The maximum absolute atomic E-state index is 12.6. The molecule has 0 spiro atoms. The van der Waals surface area contributed by atoms with Gasteiger partial charge in [-0.15, -0.1) is 0 Å². The van der Waals surface area contributed by atoms with Gasteiger partial charge in [0.15, 0.2) is 11.9 Å². The lowest BCUT2D eigenvalue weighted by Gasteiger charge is -2.29. The molecule has 1 heterocycles. The summed E-state index contributed by atoms with van der Waals surface area (Å²) < 4.78 is 5.46. The molecule has 7 nitrogen and oxygen atoms in total. The van der Waals surface area contributed by atoms with E-state index in [0.717, 1.165) is 0 Å². The van der Waals surface area contributed by atoms with Crippen LogP contribution in [0.15, 0.2) is 24.3 Å². The zero-order chi connectivity index (χ0) is 20.1. The van der Waals surface area contributed by atoms with Gasteiger partial charge in [-0.05, 0) is 31.4 Å². The van der Waals surface area contributed by atoms with Crippen molar-refractivity contribution in [2.24, 2.45) is 11.8 Å². The third kappa shape index (κ3) is 5.39. The van der Waals surface area contributed by atoms with Crippen molar-refractivity contribution in [3.05, 3.63) is 29.8 Å². The van der Waals surface area contributed by atoms with E-state index in [-0.39, 0.29) is 24.0 Å². The number of carbonyl (C=O) groups excluding carboxylic acids is 4. The highest BCUT2D eigenvalue weighted by atomic mass is 16.5. The number of benzene rings is 1. The van der Waals surface area contributed by atoms with Gasteiger partial charge in [0.05, 0.1) is 5.92 Å². The second-order valence-electron chi connectivity index (χ2n) is 7.23. The number of rotatable bonds is 6. The molecule has 7 heteroatoms. The number of nitrogens with one attached hydrogen (secondary N) is 1. The molecule has 2 amide bonds. The first-order valence-electron chi connectivity index (χ1n) is 9.05. The molecule has 27 heavy (non-hydrogen) atoms. The van der Waals surface area contributed by atoms with E-state index >= 15 is 0 Å². The van der Waals surface area contributed by atoms with Gasteiger partial charge in [-0.3, -0.25) is 19.2 Å². The number of piperidine rings is 1. The van der Waals surface area contributed by atoms with Crippen LogP contribution in [0.25, 0.3) is 0 Å². The van der Waals surface area contributed by atoms with Crippen LogP contribution >= 0.6 is 0 Å². The molecule has 0 saturated carbocycles. The van der Waals surface area contributed by atoms with Crippen LogP contribution in [-0.4, -0.2) is 48.2 Å². The summed E-state index contributed by atoms with van der Waals surface area (Å²) in [5.41, 5.74) is 0.944. The Morgan fingerprint density at radius 3 is 2.56 bits per heavy atom. The van der Waals surface area contributed by atoms with Gasteiger partial charge < -0.3 is 15.0 Å². The smallest absolute Gasteiger partial charge is 0.310 e. The molecule has 1 saturated heterocycles. The van der Waals surface area contributed by atoms with Crippen molar-refractivity contribution in [1.82, 2.24) is 4.90 Å². The highest BCUT2D eigenvalue weighted by Gasteiger charge is 2.34. The number of esters is 1. The fraction of sp³-hybridized carbons (Fsp3) is 0.500. The normalized spacial score (nSPS) is 18.2. The van der Waals surface area contributed by atoms with Gasteiger partial charge >= 0.3 is 5.97 Å². The lowest BCUT2D eigenvalue weighted by molar-refractivity contribution is -0.164. The van der Waals surface area contributed by atoms with Gasteiger partial charge in [0.2, 0.25) is 5.91 Å². The van der Waals surface area contributed by atoms with E-state index in [9.17, 15) is 19.2 Å². The quantitative estimate of drug-likeness (QED) is 0.609. The number of amides is 2. The van der Waals surface area contributed by atoms with Crippen LogP contribution in [0.5, 0.6) is 0 Å². The maximum Gasteiger partial charge on any atom is 0.310 e. The standard InChI is InChI=1S/C20H26N2O5/c1-12(2)18(27-20(26)15-8-9-22(4)17(24)11-15)19(25)21-16-7-5-6-14(10-16)13(3)23/h5-7,10,12,15,18H,8-9,11H2,1-4H3,(H,21,25)/t15-,18+/m0/s1. The molecule has 1 N–H and O–H groups in total. The van der Waals surface area contributed by atoms with E-state index in [0.29, 0.717) is 24.2 Å². The summed E-state index contributed by atoms with van der Waals surface area (Å²) in [5, 5.41) is 2.70. The first kappa shape index (κ1) is 20.6. The minimum Gasteiger partial charge on any atom is -0.452 e. The average molecular weight is 374 g/mol. The van der Waals surface area contributed by atoms with Gasteiger partial charge in [0.25, 0.3) is 5.91 Å². The third-order valence-electron chi connectivity index (χ3n) is 4.64. The van der Waals surface area contributed by atoms with Crippen LogP contribution in [0.2, 0.25) is 0 Å². The zero-order valence-electron chi connectivity index (χ0n) is 16.2. The third-order valence-corrected chi connectivity index (χ3v) is 4.64. The number of ketones is 1. The Morgan fingerprint density at radius 1 is 1.26 bits per heavy atom. The molecule has 0 unspecified atom stereocenters. The highest BCUT2D eigenvalue weighted by Crippen LogP contribution is 2.21. The molecule has 1 aliphatic rings. The summed E-state index contributed by atoms with van der Waals surface area (Å²) in [6, 6.07) is 6.58. The number of ether oxygens (including phenoxy) is 1. The topological polar surface area (TPSA) is 92.8 Å². The van der Waals surface area contributed by atoms with Crippen molar-refractivity contribution in [2.75, 3.05) is 18.9 Å². The zero-order valence-corrected chi connectivity index (χ0v) is 16.2. The number of likely N-dealkylation sites (tertiary alicyclic amines) is 1. The summed E-state index contributed by atoms with van der Waals surface area (Å²) in [4.78, 5) is 49.9. The highest BCUT2D eigenvalue weighted by molar-refractivity contribution is 5.99. The molecular formula is C20H26N2O5. The Bertz CT molecular complexity index is 744. The molecule has 1 fully saturated rings. The number of hydrogen-bond acceptors (Lipinski definition) is 5. The fourth-order valence-electron chi connectivity index (χ4n) is 2.89. The molecule has 146 valence electrons. The van der Waals surface area contributed by atoms with Crippen LogP contribution in [-0.2, 0) is 19.1 Å². The Balaban J connectivity index is 2.04. The first-order valence-corrected chi connectivity index (χ1v) is 9.05. The molecular weight excluding hydrogens is 348 g/mol. The van der Waals surface area contributed by atoms with Gasteiger partial charge in [-0.25, -0.2) is 0 Å². The van der Waals surface area contributed by atoms with Crippen molar-refractivity contribution >= 4 is 29.3 Å². The maximum atomic E-state index is 12.6.